The Kier molecular flexibility index (Phi) is 3.71. The molecule has 0 fully saturated rings. The number of aryl methyl sites for hydroxylation is 1. The lowest BCUT2D eigenvalue weighted by Gasteiger charge is -2.10. The molecular formula is C10H18N4. The molecule has 1 aromatic heterocycles. The highest BCUT2D eigenvalue weighted by molar-refractivity contribution is 5.48. The molecule has 4 heteroatoms. The van der Waals surface area contributed by atoms with Crippen LogP contribution in [0.2, 0.25) is 0 Å². The van der Waals surface area contributed by atoms with E-state index in [0.717, 1.165) is 24.9 Å². The van der Waals surface area contributed by atoms with E-state index < -0.39 is 0 Å². The molecule has 0 aliphatic rings. The van der Waals surface area contributed by atoms with Gasteiger partial charge >= 0.3 is 0 Å². The van der Waals surface area contributed by atoms with Crippen LogP contribution in [0.15, 0.2) is 12.3 Å². The van der Waals surface area contributed by atoms with E-state index in [1.807, 2.05) is 6.07 Å². The second-order valence-corrected chi connectivity index (χ2v) is 3.72. The SMILES string of the molecule is CN(C)CCCc1cc(N)cnc1N. The molecular weight excluding hydrogens is 176 g/mol. The van der Waals surface area contributed by atoms with Crippen molar-refractivity contribution < 1.29 is 0 Å². The average molecular weight is 194 g/mol. The van der Waals surface area contributed by atoms with Crippen LogP contribution in [-0.2, 0) is 6.42 Å². The summed E-state index contributed by atoms with van der Waals surface area (Å²) in [6.45, 7) is 1.05. The van der Waals surface area contributed by atoms with Gasteiger partial charge in [-0.3, -0.25) is 0 Å². The zero-order valence-electron chi connectivity index (χ0n) is 8.83. The molecule has 4 nitrogen and oxygen atoms in total. The van der Waals surface area contributed by atoms with E-state index in [4.69, 9.17) is 11.5 Å². The summed E-state index contributed by atoms with van der Waals surface area (Å²) in [5.74, 6) is 0.595. The van der Waals surface area contributed by atoms with Crippen LogP contribution in [0.3, 0.4) is 0 Å². The fraction of sp³-hybridized carbons (Fsp3) is 0.500. The van der Waals surface area contributed by atoms with Crippen LogP contribution in [-0.4, -0.2) is 30.5 Å². The third-order valence-electron chi connectivity index (χ3n) is 2.07. The summed E-state index contributed by atoms with van der Waals surface area (Å²) in [6, 6.07) is 1.90. The minimum atomic E-state index is 0.595. The summed E-state index contributed by atoms with van der Waals surface area (Å²) in [6.07, 6.45) is 3.59. The summed E-state index contributed by atoms with van der Waals surface area (Å²) < 4.78 is 0. The van der Waals surface area contributed by atoms with E-state index >= 15 is 0 Å². The van der Waals surface area contributed by atoms with Crippen molar-refractivity contribution in [1.82, 2.24) is 9.88 Å². The fourth-order valence-corrected chi connectivity index (χ4v) is 1.33. The van der Waals surface area contributed by atoms with Crippen LogP contribution < -0.4 is 11.5 Å². The Morgan fingerprint density at radius 3 is 2.71 bits per heavy atom. The number of pyridine rings is 1. The Morgan fingerprint density at radius 2 is 2.07 bits per heavy atom. The maximum absolute atomic E-state index is 5.73. The molecule has 4 N–H and O–H groups in total. The number of nitrogens with zero attached hydrogens (tertiary/aromatic N) is 2. The van der Waals surface area contributed by atoms with Gasteiger partial charge in [-0.2, -0.15) is 0 Å². The van der Waals surface area contributed by atoms with Crippen LogP contribution in [0.4, 0.5) is 11.5 Å². The van der Waals surface area contributed by atoms with Gasteiger partial charge in [-0.15, -0.1) is 0 Å². The summed E-state index contributed by atoms with van der Waals surface area (Å²) in [5, 5.41) is 0. The van der Waals surface area contributed by atoms with Crippen LogP contribution in [0, 0.1) is 0 Å². The standard InChI is InChI=1S/C10H18N4/c1-14(2)5-3-4-8-6-9(11)7-13-10(8)12/h6-7H,3-5,11H2,1-2H3,(H2,12,13). The van der Waals surface area contributed by atoms with Crippen molar-refractivity contribution in [3.8, 4) is 0 Å². The summed E-state index contributed by atoms with van der Waals surface area (Å²) >= 11 is 0. The van der Waals surface area contributed by atoms with Gasteiger partial charge in [0.25, 0.3) is 0 Å². The van der Waals surface area contributed by atoms with Crippen LogP contribution in [0.25, 0.3) is 0 Å². The molecule has 0 aromatic carbocycles. The van der Waals surface area contributed by atoms with Gasteiger partial charge in [0.05, 0.1) is 11.9 Å². The number of nitrogens with two attached hydrogens (primary N) is 2. The smallest absolute Gasteiger partial charge is 0.126 e. The van der Waals surface area contributed by atoms with Crippen molar-refractivity contribution in [1.29, 1.82) is 0 Å². The van der Waals surface area contributed by atoms with E-state index in [0.29, 0.717) is 11.5 Å². The highest BCUT2D eigenvalue weighted by Crippen LogP contribution is 2.13. The van der Waals surface area contributed by atoms with E-state index in [-0.39, 0.29) is 0 Å². The molecule has 0 aliphatic heterocycles. The minimum Gasteiger partial charge on any atom is -0.397 e. The van der Waals surface area contributed by atoms with Crippen molar-refractivity contribution in [2.45, 2.75) is 12.8 Å². The van der Waals surface area contributed by atoms with Crippen LogP contribution in [0.5, 0.6) is 0 Å². The Balaban J connectivity index is 2.53. The number of aromatic nitrogens is 1. The highest BCUT2D eigenvalue weighted by Gasteiger charge is 2.01. The number of hydrogen-bond donors (Lipinski definition) is 2. The van der Waals surface area contributed by atoms with Gasteiger partial charge in [0.15, 0.2) is 0 Å². The topological polar surface area (TPSA) is 68.2 Å². The second kappa shape index (κ2) is 4.81. The molecule has 1 rings (SSSR count). The first-order chi connectivity index (χ1) is 6.59. The first-order valence-corrected chi connectivity index (χ1v) is 4.74. The molecule has 0 radical (unpaired) electrons. The number of hydrogen-bond acceptors (Lipinski definition) is 4. The van der Waals surface area contributed by atoms with E-state index in [2.05, 4.69) is 24.0 Å². The zero-order chi connectivity index (χ0) is 10.6. The molecule has 0 spiro atoms. The second-order valence-electron chi connectivity index (χ2n) is 3.72. The quantitative estimate of drug-likeness (QED) is 0.742. The molecule has 0 saturated carbocycles. The lowest BCUT2D eigenvalue weighted by Crippen LogP contribution is -2.14. The summed E-state index contributed by atoms with van der Waals surface area (Å²) in [4.78, 5) is 6.16. The lowest BCUT2D eigenvalue weighted by atomic mass is 10.1. The maximum Gasteiger partial charge on any atom is 0.126 e. The van der Waals surface area contributed by atoms with Gasteiger partial charge in [-0.1, -0.05) is 0 Å². The predicted octanol–water partition coefficient (Wildman–Crippen LogP) is 0.740. The van der Waals surface area contributed by atoms with E-state index in [9.17, 15) is 0 Å². The largest absolute Gasteiger partial charge is 0.397 e. The molecule has 0 saturated heterocycles. The van der Waals surface area contributed by atoms with Gasteiger partial charge in [0.2, 0.25) is 0 Å². The monoisotopic (exact) mass is 194 g/mol. The van der Waals surface area contributed by atoms with Gasteiger partial charge in [-0.05, 0) is 45.1 Å². The van der Waals surface area contributed by atoms with Crippen LogP contribution in [0.1, 0.15) is 12.0 Å². The van der Waals surface area contributed by atoms with Crippen molar-refractivity contribution in [2.75, 3.05) is 32.1 Å². The molecule has 0 unspecified atom stereocenters. The van der Waals surface area contributed by atoms with Crippen molar-refractivity contribution >= 4 is 11.5 Å². The molecule has 1 heterocycles. The molecule has 78 valence electrons. The Hall–Kier alpha value is -1.29. The first-order valence-electron chi connectivity index (χ1n) is 4.74. The normalized spacial score (nSPS) is 10.8. The molecule has 1 aromatic rings. The van der Waals surface area contributed by atoms with E-state index in [1.165, 1.54) is 0 Å². The Labute approximate surface area is 84.9 Å². The van der Waals surface area contributed by atoms with Crippen molar-refractivity contribution in [3.05, 3.63) is 17.8 Å². The minimum absolute atomic E-state index is 0.595. The van der Waals surface area contributed by atoms with Gasteiger partial charge in [0.1, 0.15) is 5.82 Å². The van der Waals surface area contributed by atoms with E-state index in [1.54, 1.807) is 6.20 Å². The number of rotatable bonds is 4. The summed E-state index contributed by atoms with van der Waals surface area (Å²) in [5.41, 5.74) is 13.1. The molecule has 0 amide bonds. The molecule has 0 bridgehead atoms. The fourth-order valence-electron chi connectivity index (χ4n) is 1.33. The average Bonchev–Trinajstić information content (AvgIpc) is 2.10. The third kappa shape index (κ3) is 3.22. The predicted molar refractivity (Wildman–Crippen MR) is 59.9 cm³/mol. The molecule has 0 aliphatic carbocycles. The van der Waals surface area contributed by atoms with Gasteiger partial charge in [0, 0.05) is 0 Å². The lowest BCUT2D eigenvalue weighted by molar-refractivity contribution is 0.400. The summed E-state index contributed by atoms with van der Waals surface area (Å²) in [7, 11) is 4.11. The molecule has 0 atom stereocenters. The van der Waals surface area contributed by atoms with Crippen LogP contribution >= 0.6 is 0 Å². The molecule has 14 heavy (non-hydrogen) atoms. The number of anilines is 2. The van der Waals surface area contributed by atoms with Crippen molar-refractivity contribution in [3.63, 3.8) is 0 Å². The zero-order valence-corrected chi connectivity index (χ0v) is 8.83. The first kappa shape index (κ1) is 10.8. The highest BCUT2D eigenvalue weighted by atomic mass is 15.0. The Morgan fingerprint density at radius 1 is 1.36 bits per heavy atom. The van der Waals surface area contributed by atoms with Gasteiger partial charge < -0.3 is 16.4 Å². The van der Waals surface area contributed by atoms with Gasteiger partial charge in [-0.25, -0.2) is 4.98 Å². The Bertz CT molecular complexity index is 296. The van der Waals surface area contributed by atoms with Crippen molar-refractivity contribution in [2.24, 2.45) is 0 Å². The number of nitrogen functional groups attached to an aromatic ring is 2. The maximum atomic E-state index is 5.73. The third-order valence-corrected chi connectivity index (χ3v) is 2.07.